The van der Waals surface area contributed by atoms with Crippen molar-refractivity contribution in [1.82, 2.24) is 4.57 Å². The molecule has 0 saturated carbocycles. The van der Waals surface area contributed by atoms with Gasteiger partial charge in [0, 0.05) is 18.7 Å². The molecule has 1 aromatic heterocycles. The minimum atomic E-state index is -4.28. The lowest BCUT2D eigenvalue weighted by molar-refractivity contribution is -0.135. The summed E-state index contributed by atoms with van der Waals surface area (Å²) < 4.78 is 37.0. The fourth-order valence-electron chi connectivity index (χ4n) is 1.55. The number of carboxylic acid groups (broad SMARTS) is 1. The first kappa shape index (κ1) is 14.3. The van der Waals surface area contributed by atoms with E-state index in [0.29, 0.717) is 5.69 Å². The molecule has 0 fully saturated rings. The van der Waals surface area contributed by atoms with E-state index >= 15 is 0 Å². The number of pyridine rings is 1. The summed E-state index contributed by atoms with van der Waals surface area (Å²) in [6, 6.07) is 2.55. The van der Waals surface area contributed by atoms with Gasteiger partial charge in [-0.25, -0.2) is 4.79 Å². The van der Waals surface area contributed by atoms with Crippen LogP contribution in [-0.4, -0.2) is 21.8 Å². The topological polar surface area (TPSA) is 59.3 Å². The fourth-order valence-corrected chi connectivity index (χ4v) is 1.55. The van der Waals surface area contributed by atoms with E-state index in [-0.39, 0.29) is 13.0 Å². The van der Waals surface area contributed by atoms with Crippen LogP contribution in [0.4, 0.5) is 13.2 Å². The highest BCUT2D eigenvalue weighted by Crippen LogP contribution is 2.21. The predicted octanol–water partition coefficient (Wildman–Crippen LogP) is 2.20. The van der Waals surface area contributed by atoms with E-state index in [9.17, 15) is 22.8 Å². The summed E-state index contributed by atoms with van der Waals surface area (Å²) in [7, 11) is 0. The molecular weight excluding hydrogens is 251 g/mol. The van der Waals surface area contributed by atoms with Crippen molar-refractivity contribution in [3.63, 3.8) is 0 Å². The molecule has 18 heavy (non-hydrogen) atoms. The molecule has 0 aliphatic heterocycles. The summed E-state index contributed by atoms with van der Waals surface area (Å²) in [6.45, 7) is 1.39. The average Bonchev–Trinajstić information content (AvgIpc) is 2.20. The van der Waals surface area contributed by atoms with Gasteiger partial charge in [-0.3, -0.25) is 4.79 Å². The first-order chi connectivity index (χ1) is 8.22. The summed E-state index contributed by atoms with van der Waals surface area (Å²) >= 11 is 0. The third-order valence-corrected chi connectivity index (χ3v) is 2.46. The number of carbonyl (C=O) groups is 1. The second-order valence-electron chi connectivity index (χ2n) is 3.87. The molecule has 0 amide bonds. The van der Waals surface area contributed by atoms with Gasteiger partial charge in [0.05, 0.1) is 0 Å². The predicted molar refractivity (Wildman–Crippen MR) is 57.7 cm³/mol. The maximum Gasteiger partial charge on any atom is 0.389 e. The molecule has 100 valence electrons. The molecule has 1 rings (SSSR count). The Kier molecular flexibility index (Phi) is 4.15. The van der Waals surface area contributed by atoms with Crippen LogP contribution in [0.2, 0.25) is 0 Å². The van der Waals surface area contributed by atoms with Crippen molar-refractivity contribution in [3.8, 4) is 0 Å². The number of aromatic carboxylic acids is 1. The van der Waals surface area contributed by atoms with Crippen LogP contribution in [0.1, 0.15) is 28.9 Å². The van der Waals surface area contributed by atoms with Gasteiger partial charge in [0.15, 0.2) is 0 Å². The van der Waals surface area contributed by atoms with E-state index in [1.807, 2.05) is 0 Å². The minimum absolute atomic E-state index is 0.148. The Morgan fingerprint density at radius 1 is 1.39 bits per heavy atom. The second kappa shape index (κ2) is 5.24. The van der Waals surface area contributed by atoms with Gasteiger partial charge in [-0.05, 0) is 25.5 Å². The van der Waals surface area contributed by atoms with Crippen molar-refractivity contribution in [1.29, 1.82) is 0 Å². The molecule has 1 N–H and O–H groups in total. The molecular formula is C11H12F3NO3. The average molecular weight is 263 g/mol. The van der Waals surface area contributed by atoms with Crippen LogP contribution in [0.25, 0.3) is 0 Å². The molecule has 0 bridgehead atoms. The fraction of sp³-hybridized carbons (Fsp3) is 0.455. The quantitative estimate of drug-likeness (QED) is 0.905. The van der Waals surface area contributed by atoms with Crippen LogP contribution in [0.5, 0.6) is 0 Å². The van der Waals surface area contributed by atoms with Gasteiger partial charge >= 0.3 is 12.1 Å². The van der Waals surface area contributed by atoms with Gasteiger partial charge in [0.2, 0.25) is 0 Å². The Morgan fingerprint density at radius 3 is 2.50 bits per heavy atom. The summed E-state index contributed by atoms with van der Waals surface area (Å²) in [5.74, 6) is -1.38. The molecule has 0 radical (unpaired) electrons. The second-order valence-corrected chi connectivity index (χ2v) is 3.87. The van der Waals surface area contributed by atoms with E-state index in [2.05, 4.69) is 0 Å². The van der Waals surface area contributed by atoms with Gasteiger partial charge in [-0.15, -0.1) is 0 Å². The van der Waals surface area contributed by atoms with Crippen LogP contribution < -0.4 is 5.56 Å². The van der Waals surface area contributed by atoms with Crippen LogP contribution in [0.3, 0.4) is 0 Å². The lowest BCUT2D eigenvalue weighted by Crippen LogP contribution is -2.28. The summed E-state index contributed by atoms with van der Waals surface area (Å²) in [6.07, 6.45) is -5.54. The largest absolute Gasteiger partial charge is 0.477 e. The van der Waals surface area contributed by atoms with Crippen molar-refractivity contribution in [2.24, 2.45) is 0 Å². The number of alkyl halides is 3. The Balaban J connectivity index is 2.92. The molecule has 4 nitrogen and oxygen atoms in total. The molecule has 0 atom stereocenters. The number of aromatic nitrogens is 1. The summed E-state index contributed by atoms with van der Waals surface area (Å²) in [5, 5.41) is 8.74. The molecule has 1 aromatic rings. The van der Waals surface area contributed by atoms with Crippen LogP contribution in [-0.2, 0) is 6.54 Å². The molecule has 0 aliphatic rings. The summed E-state index contributed by atoms with van der Waals surface area (Å²) in [5.41, 5.74) is -0.774. The number of halogens is 3. The van der Waals surface area contributed by atoms with Gasteiger partial charge in [-0.2, -0.15) is 13.2 Å². The Labute approximate surface area is 101 Å². The van der Waals surface area contributed by atoms with Crippen LogP contribution >= 0.6 is 0 Å². The highest BCUT2D eigenvalue weighted by Gasteiger charge is 2.26. The number of carboxylic acids is 1. The van der Waals surface area contributed by atoms with E-state index in [1.54, 1.807) is 6.92 Å². The standard InChI is InChI=1S/C11H12F3NO3/c1-7-3-4-8(10(17)18)9(16)15(7)6-2-5-11(12,13)14/h3-4H,2,5-6H2,1H3,(H,17,18). The Hall–Kier alpha value is -1.79. The smallest absolute Gasteiger partial charge is 0.389 e. The molecule has 0 aromatic carbocycles. The van der Waals surface area contributed by atoms with Crippen molar-refractivity contribution in [2.75, 3.05) is 0 Å². The van der Waals surface area contributed by atoms with Gasteiger partial charge < -0.3 is 9.67 Å². The van der Waals surface area contributed by atoms with E-state index in [0.717, 1.165) is 10.6 Å². The van der Waals surface area contributed by atoms with Crippen molar-refractivity contribution < 1.29 is 23.1 Å². The van der Waals surface area contributed by atoms with Crippen LogP contribution in [0, 0.1) is 6.92 Å². The lowest BCUT2D eigenvalue weighted by Gasteiger charge is -2.11. The highest BCUT2D eigenvalue weighted by atomic mass is 19.4. The zero-order valence-corrected chi connectivity index (χ0v) is 9.62. The first-order valence-electron chi connectivity index (χ1n) is 5.23. The van der Waals surface area contributed by atoms with Crippen molar-refractivity contribution in [3.05, 3.63) is 33.7 Å². The molecule has 0 unspecified atom stereocenters. The van der Waals surface area contributed by atoms with E-state index < -0.39 is 29.7 Å². The monoisotopic (exact) mass is 263 g/mol. The number of hydrogen-bond acceptors (Lipinski definition) is 2. The van der Waals surface area contributed by atoms with Gasteiger partial charge in [-0.1, -0.05) is 0 Å². The zero-order chi connectivity index (χ0) is 13.9. The number of nitrogens with zero attached hydrogens (tertiary/aromatic N) is 1. The molecule has 1 heterocycles. The van der Waals surface area contributed by atoms with Crippen molar-refractivity contribution in [2.45, 2.75) is 32.5 Å². The van der Waals surface area contributed by atoms with Gasteiger partial charge in [0.1, 0.15) is 5.56 Å². The molecule has 0 aliphatic carbocycles. The third-order valence-electron chi connectivity index (χ3n) is 2.46. The van der Waals surface area contributed by atoms with Gasteiger partial charge in [0.25, 0.3) is 5.56 Å². The highest BCUT2D eigenvalue weighted by molar-refractivity contribution is 5.87. The lowest BCUT2D eigenvalue weighted by atomic mass is 10.2. The van der Waals surface area contributed by atoms with Crippen LogP contribution in [0.15, 0.2) is 16.9 Å². The third kappa shape index (κ3) is 3.61. The number of rotatable bonds is 4. The summed E-state index contributed by atoms with van der Waals surface area (Å²) in [4.78, 5) is 22.4. The number of hydrogen-bond donors (Lipinski definition) is 1. The maximum atomic E-state index is 12.0. The Bertz CT molecular complexity index is 505. The van der Waals surface area contributed by atoms with E-state index in [1.165, 1.54) is 6.07 Å². The molecule has 0 saturated heterocycles. The normalized spacial score (nSPS) is 11.6. The Morgan fingerprint density at radius 2 is 2.00 bits per heavy atom. The molecule has 0 spiro atoms. The zero-order valence-electron chi connectivity index (χ0n) is 9.62. The minimum Gasteiger partial charge on any atom is -0.477 e. The van der Waals surface area contributed by atoms with E-state index in [4.69, 9.17) is 5.11 Å². The van der Waals surface area contributed by atoms with Crippen molar-refractivity contribution >= 4 is 5.97 Å². The first-order valence-corrected chi connectivity index (χ1v) is 5.23. The molecule has 7 heteroatoms. The number of aryl methyl sites for hydroxylation is 1. The SMILES string of the molecule is Cc1ccc(C(=O)O)c(=O)n1CCCC(F)(F)F. The maximum absolute atomic E-state index is 12.0.